The van der Waals surface area contributed by atoms with Crippen molar-refractivity contribution < 1.29 is 9.90 Å². The number of hydrogen-bond acceptors (Lipinski definition) is 2. The van der Waals surface area contributed by atoms with Gasteiger partial charge in [-0.25, -0.2) is 9.48 Å². The van der Waals surface area contributed by atoms with Crippen molar-refractivity contribution in [3.05, 3.63) is 46.8 Å². The van der Waals surface area contributed by atoms with Crippen molar-refractivity contribution in [2.24, 2.45) is 0 Å². The number of nitrogens with zero attached hydrogens (tertiary/aromatic N) is 2. The Hall–Kier alpha value is -2.10. The number of carbonyl (C=O) groups is 1. The molecule has 17 heavy (non-hydrogen) atoms. The Morgan fingerprint density at radius 3 is 2.53 bits per heavy atom. The van der Waals surface area contributed by atoms with Crippen LogP contribution in [0.4, 0.5) is 0 Å². The third-order valence-electron chi connectivity index (χ3n) is 2.73. The summed E-state index contributed by atoms with van der Waals surface area (Å²) in [6.07, 6.45) is 1.55. The first-order chi connectivity index (χ1) is 7.99. The summed E-state index contributed by atoms with van der Waals surface area (Å²) >= 11 is 0. The summed E-state index contributed by atoms with van der Waals surface area (Å²) < 4.78 is 1.62. The molecule has 0 aliphatic rings. The maximum atomic E-state index is 11.0. The molecular weight excluding hydrogens is 216 g/mol. The lowest BCUT2D eigenvalue weighted by molar-refractivity contribution is 0.0696. The Morgan fingerprint density at radius 2 is 2.00 bits per heavy atom. The van der Waals surface area contributed by atoms with Crippen molar-refractivity contribution in [1.82, 2.24) is 9.78 Å². The minimum atomic E-state index is -0.946. The van der Waals surface area contributed by atoms with E-state index in [4.69, 9.17) is 5.11 Å². The molecule has 0 amide bonds. The van der Waals surface area contributed by atoms with Gasteiger partial charge in [0, 0.05) is 6.20 Å². The zero-order chi connectivity index (χ0) is 12.6. The number of benzene rings is 1. The standard InChI is InChI=1S/C13H14N2O2/c1-8-4-5-12(9(2)6-8)15-7-11(13(16)17)10(3)14-15/h4-7H,1-3H3,(H,16,17). The molecule has 88 valence electrons. The largest absolute Gasteiger partial charge is 0.478 e. The molecule has 0 unspecified atom stereocenters. The summed E-state index contributed by atoms with van der Waals surface area (Å²) in [5.74, 6) is -0.946. The summed E-state index contributed by atoms with van der Waals surface area (Å²) in [6.45, 7) is 5.71. The fourth-order valence-corrected chi connectivity index (χ4v) is 1.86. The van der Waals surface area contributed by atoms with Crippen molar-refractivity contribution >= 4 is 5.97 Å². The van der Waals surface area contributed by atoms with Crippen LogP contribution in [0.5, 0.6) is 0 Å². The van der Waals surface area contributed by atoms with Gasteiger partial charge in [0.2, 0.25) is 0 Å². The van der Waals surface area contributed by atoms with E-state index in [1.165, 1.54) is 5.56 Å². The molecule has 0 saturated carbocycles. The number of carboxylic acids is 1. The lowest BCUT2D eigenvalue weighted by Crippen LogP contribution is -1.98. The lowest BCUT2D eigenvalue weighted by Gasteiger charge is -2.06. The molecule has 2 aromatic rings. The van der Waals surface area contributed by atoms with Crippen LogP contribution in [-0.2, 0) is 0 Å². The number of rotatable bonds is 2. The molecule has 4 heteroatoms. The van der Waals surface area contributed by atoms with Gasteiger partial charge < -0.3 is 5.11 Å². The zero-order valence-corrected chi connectivity index (χ0v) is 10.1. The SMILES string of the molecule is Cc1ccc(-n2cc(C(=O)O)c(C)n2)c(C)c1. The van der Waals surface area contributed by atoms with Gasteiger partial charge in [-0.05, 0) is 32.4 Å². The summed E-state index contributed by atoms with van der Waals surface area (Å²) in [6, 6.07) is 5.98. The molecule has 4 nitrogen and oxygen atoms in total. The summed E-state index contributed by atoms with van der Waals surface area (Å²) in [5, 5.41) is 13.2. The molecule has 0 spiro atoms. The topological polar surface area (TPSA) is 55.1 Å². The normalized spacial score (nSPS) is 10.5. The van der Waals surface area contributed by atoms with Crippen LogP contribution < -0.4 is 0 Å². The molecule has 0 bridgehead atoms. The Labute approximate surface area is 99.5 Å². The first kappa shape index (κ1) is 11.4. The Bertz CT molecular complexity index is 585. The van der Waals surface area contributed by atoms with E-state index < -0.39 is 5.97 Å². The van der Waals surface area contributed by atoms with Crippen LogP contribution in [0, 0.1) is 20.8 Å². The minimum absolute atomic E-state index is 0.241. The third-order valence-corrected chi connectivity index (χ3v) is 2.73. The zero-order valence-electron chi connectivity index (χ0n) is 10.1. The molecule has 0 aliphatic heterocycles. The van der Waals surface area contributed by atoms with E-state index in [9.17, 15) is 4.79 Å². The molecule has 0 aliphatic carbocycles. The maximum absolute atomic E-state index is 11.0. The number of aromatic carboxylic acids is 1. The smallest absolute Gasteiger partial charge is 0.339 e. The highest BCUT2D eigenvalue weighted by Gasteiger charge is 2.13. The first-order valence-corrected chi connectivity index (χ1v) is 5.36. The van der Waals surface area contributed by atoms with Crippen LogP contribution in [0.15, 0.2) is 24.4 Å². The van der Waals surface area contributed by atoms with Crippen molar-refractivity contribution in [2.75, 3.05) is 0 Å². The van der Waals surface area contributed by atoms with Crippen LogP contribution in [0.1, 0.15) is 27.2 Å². The highest BCUT2D eigenvalue weighted by atomic mass is 16.4. The number of carboxylic acid groups (broad SMARTS) is 1. The van der Waals surface area contributed by atoms with Crippen LogP contribution in [0.25, 0.3) is 5.69 Å². The molecule has 1 aromatic carbocycles. The van der Waals surface area contributed by atoms with E-state index in [-0.39, 0.29) is 5.56 Å². The Kier molecular flexibility index (Phi) is 2.71. The first-order valence-electron chi connectivity index (χ1n) is 5.36. The molecule has 1 heterocycles. The fourth-order valence-electron chi connectivity index (χ4n) is 1.86. The quantitative estimate of drug-likeness (QED) is 0.862. The van der Waals surface area contributed by atoms with E-state index in [0.29, 0.717) is 5.69 Å². The third kappa shape index (κ3) is 2.06. The van der Waals surface area contributed by atoms with Gasteiger partial charge in [-0.2, -0.15) is 5.10 Å². The van der Waals surface area contributed by atoms with E-state index in [0.717, 1.165) is 11.3 Å². The molecule has 0 fully saturated rings. The van der Waals surface area contributed by atoms with Crippen molar-refractivity contribution in [3.63, 3.8) is 0 Å². The van der Waals surface area contributed by atoms with Crippen molar-refractivity contribution in [1.29, 1.82) is 0 Å². The van der Waals surface area contributed by atoms with E-state index >= 15 is 0 Å². The van der Waals surface area contributed by atoms with Gasteiger partial charge >= 0.3 is 5.97 Å². The second-order valence-electron chi connectivity index (χ2n) is 4.17. The predicted octanol–water partition coefficient (Wildman–Crippen LogP) is 2.50. The predicted molar refractivity (Wildman–Crippen MR) is 64.7 cm³/mol. The Morgan fingerprint density at radius 1 is 1.29 bits per heavy atom. The van der Waals surface area contributed by atoms with E-state index in [2.05, 4.69) is 5.10 Å². The summed E-state index contributed by atoms with van der Waals surface area (Å²) in [4.78, 5) is 11.0. The molecule has 2 rings (SSSR count). The maximum Gasteiger partial charge on any atom is 0.339 e. The molecule has 0 saturated heterocycles. The van der Waals surface area contributed by atoms with Gasteiger partial charge in [-0.1, -0.05) is 17.7 Å². The van der Waals surface area contributed by atoms with Crippen molar-refractivity contribution in [3.8, 4) is 5.69 Å². The number of hydrogen-bond donors (Lipinski definition) is 1. The Balaban J connectivity index is 2.53. The lowest BCUT2D eigenvalue weighted by atomic mass is 10.1. The highest BCUT2D eigenvalue weighted by molar-refractivity contribution is 5.88. The van der Waals surface area contributed by atoms with Crippen LogP contribution in [0.3, 0.4) is 0 Å². The van der Waals surface area contributed by atoms with Gasteiger partial charge in [0.05, 0.1) is 11.4 Å². The van der Waals surface area contributed by atoms with Crippen LogP contribution >= 0.6 is 0 Å². The molecule has 0 atom stereocenters. The average molecular weight is 230 g/mol. The number of aryl methyl sites for hydroxylation is 3. The van der Waals surface area contributed by atoms with Crippen LogP contribution in [-0.4, -0.2) is 20.9 Å². The molecule has 1 N–H and O–H groups in total. The minimum Gasteiger partial charge on any atom is -0.478 e. The van der Waals surface area contributed by atoms with Crippen molar-refractivity contribution in [2.45, 2.75) is 20.8 Å². The van der Waals surface area contributed by atoms with Gasteiger partial charge in [0.25, 0.3) is 0 Å². The summed E-state index contributed by atoms with van der Waals surface area (Å²) in [5.41, 5.74) is 3.92. The van der Waals surface area contributed by atoms with E-state index in [1.807, 2.05) is 32.0 Å². The fraction of sp³-hybridized carbons (Fsp3) is 0.231. The molecular formula is C13H14N2O2. The average Bonchev–Trinajstić information content (AvgIpc) is 2.60. The van der Waals surface area contributed by atoms with Gasteiger partial charge in [0.1, 0.15) is 5.56 Å². The van der Waals surface area contributed by atoms with Gasteiger partial charge in [0.15, 0.2) is 0 Å². The van der Waals surface area contributed by atoms with Crippen LogP contribution in [0.2, 0.25) is 0 Å². The van der Waals surface area contributed by atoms with E-state index in [1.54, 1.807) is 17.8 Å². The monoisotopic (exact) mass is 230 g/mol. The van der Waals surface area contributed by atoms with Gasteiger partial charge in [-0.15, -0.1) is 0 Å². The highest BCUT2D eigenvalue weighted by Crippen LogP contribution is 2.17. The molecule has 0 radical (unpaired) electrons. The van der Waals surface area contributed by atoms with Gasteiger partial charge in [-0.3, -0.25) is 0 Å². The summed E-state index contributed by atoms with van der Waals surface area (Å²) in [7, 11) is 0. The second-order valence-corrected chi connectivity index (χ2v) is 4.17. The number of aromatic nitrogens is 2. The second kappa shape index (κ2) is 4.05. The molecule has 1 aromatic heterocycles.